The molecule has 0 radical (unpaired) electrons. The first kappa shape index (κ1) is 25.4. The van der Waals surface area contributed by atoms with Crippen molar-refractivity contribution >= 4 is 35.8 Å². The summed E-state index contributed by atoms with van der Waals surface area (Å²) in [5, 5.41) is 9.59. The maximum atomic E-state index is 11.7. The van der Waals surface area contributed by atoms with Crippen LogP contribution < -0.4 is 16.0 Å². The lowest BCUT2D eigenvalue weighted by molar-refractivity contribution is -0.121. The average molecular weight is 481 g/mol. The van der Waals surface area contributed by atoms with Gasteiger partial charge in [0.15, 0.2) is 5.96 Å². The van der Waals surface area contributed by atoms with E-state index in [1.54, 1.807) is 7.05 Å². The molecular weight excluding hydrogens is 441 g/mol. The molecule has 0 aromatic rings. The number of rotatable bonds is 8. The fourth-order valence-corrected chi connectivity index (χ4v) is 3.32. The van der Waals surface area contributed by atoms with E-state index in [1.165, 1.54) is 38.8 Å². The number of halogens is 1. The predicted molar refractivity (Wildman–Crippen MR) is 121 cm³/mol. The molecule has 1 atom stereocenters. The zero-order valence-electron chi connectivity index (χ0n) is 17.3. The van der Waals surface area contributed by atoms with Crippen molar-refractivity contribution in [1.29, 1.82) is 0 Å². The molecule has 1 amide bonds. The van der Waals surface area contributed by atoms with Crippen LogP contribution in [0.2, 0.25) is 0 Å². The van der Waals surface area contributed by atoms with Gasteiger partial charge in [-0.15, -0.1) is 24.0 Å². The highest BCUT2D eigenvalue weighted by molar-refractivity contribution is 14.0. The predicted octanol–water partition coefficient (Wildman–Crippen LogP) is 2.58. The minimum atomic E-state index is 0. The highest BCUT2D eigenvalue weighted by Gasteiger charge is 2.22. The number of aliphatic imine (C=N–C) groups is 1. The number of carbonyl (C=O) groups excluding carboxylic acids is 1. The summed E-state index contributed by atoms with van der Waals surface area (Å²) >= 11 is 0. The first-order valence-electron chi connectivity index (χ1n) is 9.92. The van der Waals surface area contributed by atoms with Gasteiger partial charge in [0, 0.05) is 38.6 Å². The number of hydrogen-bond acceptors (Lipinski definition) is 3. The Morgan fingerprint density at radius 2 is 1.65 bits per heavy atom. The van der Waals surface area contributed by atoms with Crippen LogP contribution in [0.5, 0.6) is 0 Å². The van der Waals surface area contributed by atoms with Gasteiger partial charge >= 0.3 is 0 Å². The van der Waals surface area contributed by atoms with E-state index < -0.39 is 0 Å². The van der Waals surface area contributed by atoms with Crippen LogP contribution in [0.15, 0.2) is 4.99 Å². The molecule has 1 rings (SSSR count). The van der Waals surface area contributed by atoms with Gasteiger partial charge in [-0.1, -0.05) is 26.7 Å². The van der Waals surface area contributed by atoms with Crippen LogP contribution in [0.25, 0.3) is 0 Å². The SMILES string of the molecule is CN=C(NCCC(=O)NC(C)C)NCC(C(C)C)N1CCCCCC1.I. The Kier molecular flexibility index (Phi) is 14.2. The van der Waals surface area contributed by atoms with E-state index in [9.17, 15) is 4.79 Å². The quantitative estimate of drug-likeness (QED) is 0.283. The first-order chi connectivity index (χ1) is 11.9. The summed E-state index contributed by atoms with van der Waals surface area (Å²) in [5.74, 6) is 1.45. The molecule has 0 saturated carbocycles. The Morgan fingerprint density at radius 3 is 2.15 bits per heavy atom. The number of carbonyl (C=O) groups is 1. The van der Waals surface area contributed by atoms with Crippen molar-refractivity contribution in [3.8, 4) is 0 Å². The Bertz CT molecular complexity index is 407. The topological polar surface area (TPSA) is 68.8 Å². The third-order valence-electron chi connectivity index (χ3n) is 4.68. The normalized spacial score (nSPS) is 17.4. The van der Waals surface area contributed by atoms with E-state index in [0.717, 1.165) is 12.5 Å². The van der Waals surface area contributed by atoms with Crippen LogP contribution in [-0.2, 0) is 4.79 Å². The summed E-state index contributed by atoms with van der Waals surface area (Å²) < 4.78 is 0. The largest absolute Gasteiger partial charge is 0.356 e. The summed E-state index contributed by atoms with van der Waals surface area (Å²) in [5.41, 5.74) is 0. The second-order valence-electron chi connectivity index (χ2n) is 7.61. The molecule has 1 aliphatic heterocycles. The van der Waals surface area contributed by atoms with Gasteiger partial charge < -0.3 is 16.0 Å². The molecule has 26 heavy (non-hydrogen) atoms. The molecule has 0 spiro atoms. The number of amides is 1. The lowest BCUT2D eigenvalue weighted by Gasteiger charge is -2.34. The van der Waals surface area contributed by atoms with E-state index in [-0.39, 0.29) is 35.9 Å². The molecule has 1 aliphatic rings. The number of guanidine groups is 1. The second kappa shape index (κ2) is 14.5. The van der Waals surface area contributed by atoms with Crippen LogP contribution >= 0.6 is 24.0 Å². The number of nitrogens with zero attached hydrogens (tertiary/aromatic N) is 2. The second-order valence-corrected chi connectivity index (χ2v) is 7.61. The van der Waals surface area contributed by atoms with Gasteiger partial charge in [0.2, 0.25) is 5.91 Å². The molecule has 1 unspecified atom stereocenters. The van der Waals surface area contributed by atoms with E-state index >= 15 is 0 Å². The van der Waals surface area contributed by atoms with E-state index in [0.29, 0.717) is 24.9 Å². The van der Waals surface area contributed by atoms with E-state index in [4.69, 9.17) is 0 Å². The zero-order valence-corrected chi connectivity index (χ0v) is 19.6. The molecule has 0 aromatic carbocycles. The number of likely N-dealkylation sites (tertiary alicyclic amines) is 1. The number of hydrogen-bond donors (Lipinski definition) is 3. The molecule has 0 aliphatic carbocycles. The van der Waals surface area contributed by atoms with Crippen molar-refractivity contribution in [2.45, 2.75) is 71.9 Å². The van der Waals surface area contributed by atoms with Crippen molar-refractivity contribution in [1.82, 2.24) is 20.9 Å². The van der Waals surface area contributed by atoms with E-state index in [1.807, 2.05) is 13.8 Å². The standard InChI is InChI=1S/C19H39N5O.HI/c1-15(2)17(24-12-8-6-7-9-13-24)14-22-19(20-5)21-11-10-18(25)23-16(3)4;/h15-17H,6-14H2,1-5H3,(H,23,25)(H2,20,21,22);1H. The smallest absolute Gasteiger partial charge is 0.221 e. The third kappa shape index (κ3) is 10.5. The fourth-order valence-electron chi connectivity index (χ4n) is 3.32. The summed E-state index contributed by atoms with van der Waals surface area (Å²) in [6, 6.07) is 0.700. The van der Waals surface area contributed by atoms with Crippen LogP contribution in [0, 0.1) is 5.92 Å². The van der Waals surface area contributed by atoms with Gasteiger partial charge in [0.25, 0.3) is 0 Å². The summed E-state index contributed by atoms with van der Waals surface area (Å²) in [6.45, 7) is 12.4. The first-order valence-corrected chi connectivity index (χ1v) is 9.92. The molecule has 0 bridgehead atoms. The molecule has 1 saturated heterocycles. The van der Waals surface area contributed by atoms with Gasteiger partial charge in [-0.25, -0.2) is 0 Å². The summed E-state index contributed by atoms with van der Waals surface area (Å²) in [7, 11) is 1.78. The average Bonchev–Trinajstić information content (AvgIpc) is 2.81. The van der Waals surface area contributed by atoms with Gasteiger partial charge in [-0.3, -0.25) is 14.7 Å². The Morgan fingerprint density at radius 1 is 1.04 bits per heavy atom. The maximum Gasteiger partial charge on any atom is 0.221 e. The lowest BCUT2D eigenvalue weighted by Crippen LogP contribution is -2.50. The van der Waals surface area contributed by atoms with Crippen molar-refractivity contribution in [3.05, 3.63) is 0 Å². The Hall–Kier alpha value is -0.570. The highest BCUT2D eigenvalue weighted by atomic mass is 127. The molecular formula is C19H40IN5O. The van der Waals surface area contributed by atoms with Crippen LogP contribution in [0.1, 0.15) is 59.8 Å². The van der Waals surface area contributed by atoms with E-state index in [2.05, 4.69) is 39.7 Å². The van der Waals surface area contributed by atoms with Gasteiger partial charge in [-0.2, -0.15) is 0 Å². The van der Waals surface area contributed by atoms with Gasteiger partial charge in [0.05, 0.1) is 0 Å². The molecule has 1 fully saturated rings. The molecule has 6 nitrogen and oxygen atoms in total. The van der Waals surface area contributed by atoms with Gasteiger partial charge in [-0.05, 0) is 45.7 Å². The van der Waals surface area contributed by atoms with Crippen molar-refractivity contribution in [2.24, 2.45) is 10.9 Å². The Labute approximate surface area is 177 Å². The minimum absolute atomic E-state index is 0. The molecule has 154 valence electrons. The minimum Gasteiger partial charge on any atom is -0.356 e. The molecule has 1 heterocycles. The van der Waals surface area contributed by atoms with Crippen molar-refractivity contribution in [2.75, 3.05) is 33.2 Å². The van der Waals surface area contributed by atoms with Crippen LogP contribution in [-0.4, -0.2) is 62.1 Å². The zero-order chi connectivity index (χ0) is 18.7. The van der Waals surface area contributed by atoms with Crippen molar-refractivity contribution < 1.29 is 4.79 Å². The van der Waals surface area contributed by atoms with Crippen LogP contribution in [0.4, 0.5) is 0 Å². The fraction of sp³-hybridized carbons (Fsp3) is 0.895. The lowest BCUT2D eigenvalue weighted by atomic mass is 10.0. The highest BCUT2D eigenvalue weighted by Crippen LogP contribution is 2.16. The Balaban J connectivity index is 0.00000625. The van der Waals surface area contributed by atoms with Gasteiger partial charge in [0.1, 0.15) is 0 Å². The molecule has 7 heteroatoms. The monoisotopic (exact) mass is 481 g/mol. The third-order valence-corrected chi connectivity index (χ3v) is 4.68. The molecule has 3 N–H and O–H groups in total. The van der Waals surface area contributed by atoms with Crippen molar-refractivity contribution in [3.63, 3.8) is 0 Å². The summed E-state index contributed by atoms with van der Waals surface area (Å²) in [4.78, 5) is 18.6. The maximum absolute atomic E-state index is 11.7. The molecule has 0 aromatic heterocycles. The van der Waals surface area contributed by atoms with Crippen LogP contribution in [0.3, 0.4) is 0 Å². The number of nitrogens with one attached hydrogen (secondary N) is 3. The summed E-state index contributed by atoms with van der Waals surface area (Å²) in [6.07, 6.45) is 5.79.